The van der Waals surface area contributed by atoms with Crippen LogP contribution in [0.4, 0.5) is 42.1 Å². The van der Waals surface area contributed by atoms with Gasteiger partial charge < -0.3 is 16.4 Å². The molecule has 240 valence electrons. The van der Waals surface area contributed by atoms with Gasteiger partial charge in [0.1, 0.15) is 12.2 Å². The standard InChI is InChI=1S/C25H22ClF7N10O2/c1-11(2)36-20(44)15-8-13(26)7-12(3)18(15)37-21(45)17-9-14(39-43(17)19-16(34)5-4-6-35-19)10-42-40-22(38-41-42)23(27,28)24(29,30)25(31,32)33/h4-9,11H,10,34H2,1-3H3,(H,36,44)(H,37,45). The van der Waals surface area contributed by atoms with E-state index in [2.05, 4.69) is 36.1 Å². The van der Waals surface area contributed by atoms with Crippen LogP contribution in [0.25, 0.3) is 5.82 Å². The lowest BCUT2D eigenvalue weighted by Crippen LogP contribution is -2.50. The van der Waals surface area contributed by atoms with Gasteiger partial charge in [0.15, 0.2) is 5.82 Å². The van der Waals surface area contributed by atoms with Crippen molar-refractivity contribution in [2.75, 3.05) is 11.1 Å². The maximum absolute atomic E-state index is 14.1. The highest BCUT2D eigenvalue weighted by molar-refractivity contribution is 6.31. The van der Waals surface area contributed by atoms with Gasteiger partial charge in [-0.2, -0.15) is 40.6 Å². The predicted octanol–water partition coefficient (Wildman–Crippen LogP) is 4.53. The van der Waals surface area contributed by atoms with Crippen molar-refractivity contribution >= 4 is 34.8 Å². The zero-order valence-electron chi connectivity index (χ0n) is 23.3. The Morgan fingerprint density at radius 2 is 1.73 bits per heavy atom. The third kappa shape index (κ3) is 6.52. The Balaban J connectivity index is 1.73. The first-order valence-corrected chi connectivity index (χ1v) is 13.0. The third-order valence-electron chi connectivity index (χ3n) is 6.00. The minimum absolute atomic E-state index is 0.0293. The number of pyridine rings is 1. The fourth-order valence-electron chi connectivity index (χ4n) is 3.92. The quantitative estimate of drug-likeness (QED) is 0.221. The average Bonchev–Trinajstić information content (AvgIpc) is 3.57. The van der Waals surface area contributed by atoms with Crippen LogP contribution in [0.5, 0.6) is 0 Å². The number of carbonyl (C=O) groups excluding carboxylic acids is 2. The number of aromatic nitrogens is 7. The molecule has 3 aromatic heterocycles. The summed E-state index contributed by atoms with van der Waals surface area (Å²) in [5.74, 6) is -16.0. The molecule has 2 amide bonds. The van der Waals surface area contributed by atoms with Crippen LogP contribution in [-0.4, -0.2) is 64.9 Å². The number of nitrogens with one attached hydrogen (secondary N) is 2. The van der Waals surface area contributed by atoms with E-state index in [1.807, 2.05) is 0 Å². The highest BCUT2D eigenvalue weighted by atomic mass is 35.5. The van der Waals surface area contributed by atoms with Gasteiger partial charge in [-0.15, -0.1) is 10.2 Å². The van der Waals surface area contributed by atoms with E-state index in [9.17, 15) is 40.3 Å². The predicted molar refractivity (Wildman–Crippen MR) is 144 cm³/mol. The Morgan fingerprint density at radius 3 is 2.36 bits per heavy atom. The van der Waals surface area contributed by atoms with E-state index in [1.165, 1.54) is 30.5 Å². The second kappa shape index (κ2) is 11.9. The largest absolute Gasteiger partial charge is 0.460 e. The smallest absolute Gasteiger partial charge is 0.396 e. The van der Waals surface area contributed by atoms with Crippen molar-refractivity contribution in [3.8, 4) is 5.82 Å². The molecule has 0 aliphatic carbocycles. The highest BCUT2D eigenvalue weighted by Crippen LogP contribution is 2.50. The number of tetrazole rings is 1. The molecule has 0 atom stereocenters. The molecule has 4 rings (SSSR count). The molecule has 0 saturated carbocycles. The van der Waals surface area contributed by atoms with E-state index in [0.717, 1.165) is 10.7 Å². The SMILES string of the molecule is Cc1cc(Cl)cc(C(=O)NC(C)C)c1NC(=O)c1cc(Cn2nnc(C(F)(F)C(F)(F)C(F)(F)F)n2)nn1-c1ncccc1N. The molecule has 3 heterocycles. The van der Waals surface area contributed by atoms with Crippen LogP contribution in [0.3, 0.4) is 0 Å². The summed E-state index contributed by atoms with van der Waals surface area (Å²) in [5.41, 5.74) is 6.12. The molecule has 0 bridgehead atoms. The van der Waals surface area contributed by atoms with Gasteiger partial charge in [-0.25, -0.2) is 9.67 Å². The molecule has 0 aliphatic rings. The number of hydrogen-bond acceptors (Lipinski definition) is 8. The average molecular weight is 663 g/mol. The number of anilines is 2. The molecule has 1 aromatic carbocycles. The number of alkyl halides is 7. The van der Waals surface area contributed by atoms with E-state index in [4.69, 9.17) is 17.3 Å². The number of rotatable bonds is 9. The van der Waals surface area contributed by atoms with Gasteiger partial charge in [-0.1, -0.05) is 11.6 Å². The lowest BCUT2D eigenvalue weighted by atomic mass is 10.1. The molecule has 4 aromatic rings. The van der Waals surface area contributed by atoms with Crippen LogP contribution in [0.2, 0.25) is 5.02 Å². The maximum Gasteiger partial charge on any atom is 0.460 e. The number of carbonyl (C=O) groups is 2. The number of amides is 2. The lowest BCUT2D eigenvalue weighted by Gasteiger charge is -2.25. The first kappa shape index (κ1) is 33.1. The van der Waals surface area contributed by atoms with E-state index in [-0.39, 0.29) is 50.0 Å². The van der Waals surface area contributed by atoms with E-state index in [1.54, 1.807) is 20.8 Å². The summed E-state index contributed by atoms with van der Waals surface area (Å²) in [7, 11) is 0. The van der Waals surface area contributed by atoms with Gasteiger partial charge in [0.25, 0.3) is 17.6 Å². The maximum atomic E-state index is 14.1. The molecule has 20 heteroatoms. The summed E-state index contributed by atoms with van der Waals surface area (Å²) in [6.45, 7) is 4.31. The number of benzene rings is 1. The third-order valence-corrected chi connectivity index (χ3v) is 6.22. The molecular formula is C25H22ClF7N10O2. The van der Waals surface area contributed by atoms with Crippen molar-refractivity contribution in [2.24, 2.45) is 0 Å². The molecule has 4 N–H and O–H groups in total. The van der Waals surface area contributed by atoms with Crippen molar-refractivity contribution < 1.29 is 40.3 Å². The molecule has 0 radical (unpaired) electrons. The summed E-state index contributed by atoms with van der Waals surface area (Å²) in [6, 6.07) is 6.59. The van der Waals surface area contributed by atoms with E-state index in [0.29, 0.717) is 5.56 Å². The first-order chi connectivity index (χ1) is 20.8. The van der Waals surface area contributed by atoms with Gasteiger partial charge in [0.05, 0.1) is 22.6 Å². The zero-order chi connectivity index (χ0) is 33.5. The summed E-state index contributed by atoms with van der Waals surface area (Å²) >= 11 is 6.14. The highest BCUT2D eigenvalue weighted by Gasteiger charge is 2.75. The van der Waals surface area contributed by atoms with E-state index < -0.39 is 42.2 Å². The minimum atomic E-state index is -6.61. The Morgan fingerprint density at radius 1 is 1.04 bits per heavy atom. The summed E-state index contributed by atoms with van der Waals surface area (Å²) in [4.78, 5) is 30.9. The van der Waals surface area contributed by atoms with Crippen LogP contribution >= 0.6 is 11.6 Å². The van der Waals surface area contributed by atoms with Crippen molar-refractivity contribution in [3.63, 3.8) is 0 Å². The second-order valence-electron chi connectivity index (χ2n) is 9.87. The molecule has 0 unspecified atom stereocenters. The Kier molecular flexibility index (Phi) is 8.78. The molecule has 45 heavy (non-hydrogen) atoms. The van der Waals surface area contributed by atoms with Gasteiger partial charge in [0, 0.05) is 17.3 Å². The van der Waals surface area contributed by atoms with Crippen LogP contribution in [0.15, 0.2) is 36.5 Å². The van der Waals surface area contributed by atoms with Crippen LogP contribution in [0, 0.1) is 6.92 Å². The van der Waals surface area contributed by atoms with Crippen molar-refractivity contribution in [2.45, 2.75) is 51.4 Å². The lowest BCUT2D eigenvalue weighted by molar-refractivity contribution is -0.361. The van der Waals surface area contributed by atoms with Gasteiger partial charge in [0.2, 0.25) is 0 Å². The van der Waals surface area contributed by atoms with Crippen LogP contribution in [0.1, 0.15) is 51.8 Å². The fourth-order valence-corrected chi connectivity index (χ4v) is 4.19. The monoisotopic (exact) mass is 662 g/mol. The van der Waals surface area contributed by atoms with Gasteiger partial charge in [-0.3, -0.25) is 9.59 Å². The molecular weight excluding hydrogens is 641 g/mol. The summed E-state index contributed by atoms with van der Waals surface area (Å²) < 4.78 is 93.8. The topological polar surface area (TPSA) is 159 Å². The molecule has 0 saturated heterocycles. The normalized spacial score (nSPS) is 12.4. The Bertz CT molecular complexity index is 1750. The van der Waals surface area contributed by atoms with Gasteiger partial charge in [-0.05, 0) is 61.9 Å². The van der Waals surface area contributed by atoms with Crippen molar-refractivity contribution in [1.29, 1.82) is 0 Å². The number of nitrogen functional groups attached to an aromatic ring is 1. The molecule has 0 spiro atoms. The van der Waals surface area contributed by atoms with Crippen LogP contribution < -0.4 is 16.4 Å². The summed E-state index contributed by atoms with van der Waals surface area (Å²) in [5, 5.41) is 18.5. The minimum Gasteiger partial charge on any atom is -0.396 e. The van der Waals surface area contributed by atoms with Crippen LogP contribution in [-0.2, 0) is 12.5 Å². The number of halogens is 8. The summed E-state index contributed by atoms with van der Waals surface area (Å²) in [6.07, 6.45) is -5.29. The van der Waals surface area contributed by atoms with Crippen molar-refractivity contribution in [1.82, 2.24) is 40.3 Å². The Labute approximate surface area is 253 Å². The first-order valence-electron chi connectivity index (χ1n) is 12.7. The van der Waals surface area contributed by atoms with Gasteiger partial charge >= 0.3 is 18.0 Å². The number of nitrogens with zero attached hydrogens (tertiary/aromatic N) is 7. The van der Waals surface area contributed by atoms with Crippen molar-refractivity contribution in [3.05, 3.63) is 69.9 Å². The Hall–Kier alpha value is -4.81. The number of aryl methyl sites for hydroxylation is 1. The second-order valence-corrected chi connectivity index (χ2v) is 10.3. The molecule has 0 fully saturated rings. The molecule has 0 aliphatic heterocycles. The number of hydrogen-bond donors (Lipinski definition) is 3. The number of nitrogens with two attached hydrogens (primary N) is 1. The zero-order valence-corrected chi connectivity index (χ0v) is 24.1. The van der Waals surface area contributed by atoms with E-state index >= 15 is 0 Å². The fraction of sp³-hybridized carbons (Fsp3) is 0.320. The molecule has 12 nitrogen and oxygen atoms in total.